The lowest BCUT2D eigenvalue weighted by Gasteiger charge is -2.25. The lowest BCUT2D eigenvalue weighted by atomic mass is 9.95. The van der Waals surface area contributed by atoms with Gasteiger partial charge in [-0.25, -0.2) is 0 Å². The smallest absolute Gasteiger partial charge is 0.237 e. The van der Waals surface area contributed by atoms with E-state index in [0.717, 1.165) is 13.0 Å². The summed E-state index contributed by atoms with van der Waals surface area (Å²) in [7, 11) is 0. The maximum absolute atomic E-state index is 12.1. The van der Waals surface area contributed by atoms with Crippen molar-refractivity contribution in [1.29, 1.82) is 0 Å². The topological polar surface area (TPSA) is 61.4 Å². The third kappa shape index (κ3) is 3.81. The van der Waals surface area contributed by atoms with Gasteiger partial charge >= 0.3 is 0 Å². The molecule has 1 aliphatic rings. The van der Waals surface area contributed by atoms with Gasteiger partial charge in [-0.3, -0.25) is 4.79 Å². The van der Waals surface area contributed by atoms with E-state index in [4.69, 9.17) is 0 Å². The fraction of sp³-hybridized carbons (Fsp3) is 0.562. The average Bonchev–Trinajstić information content (AvgIpc) is 2.46. The quantitative estimate of drug-likeness (QED) is 0.758. The number of amides is 1. The molecule has 1 aromatic carbocycles. The largest absolute Gasteiger partial charge is 0.393 e. The molecular formula is C16H24N2O2. The van der Waals surface area contributed by atoms with Gasteiger partial charge in [0.05, 0.1) is 12.1 Å². The Bertz CT molecular complexity index is 460. The van der Waals surface area contributed by atoms with Crippen molar-refractivity contribution in [2.45, 2.75) is 45.4 Å². The third-order valence-corrected chi connectivity index (χ3v) is 3.91. The second kappa shape index (κ2) is 6.86. The van der Waals surface area contributed by atoms with Gasteiger partial charge in [0, 0.05) is 13.1 Å². The summed E-state index contributed by atoms with van der Waals surface area (Å²) in [5, 5.41) is 15.9. The molecule has 0 aliphatic carbocycles. The molecule has 1 heterocycles. The minimum Gasteiger partial charge on any atom is -0.393 e. The maximum atomic E-state index is 12.1. The highest BCUT2D eigenvalue weighted by Crippen LogP contribution is 2.16. The Morgan fingerprint density at radius 3 is 2.80 bits per heavy atom. The molecule has 2 atom stereocenters. The number of rotatable bonds is 5. The van der Waals surface area contributed by atoms with Crippen molar-refractivity contribution in [1.82, 2.24) is 10.6 Å². The SMILES string of the molecule is CC(C)C(O)CCNC(=O)C1Cc2ccccc2CN1. The molecule has 0 saturated heterocycles. The molecule has 4 nitrogen and oxygen atoms in total. The summed E-state index contributed by atoms with van der Waals surface area (Å²) in [5.74, 6) is 0.252. The molecule has 20 heavy (non-hydrogen) atoms. The van der Waals surface area contributed by atoms with Crippen molar-refractivity contribution >= 4 is 5.91 Å². The molecule has 0 saturated carbocycles. The van der Waals surface area contributed by atoms with Gasteiger partial charge in [-0.05, 0) is 29.9 Å². The summed E-state index contributed by atoms with van der Waals surface area (Å²) in [6.07, 6.45) is 0.983. The van der Waals surface area contributed by atoms with Gasteiger partial charge in [0.1, 0.15) is 0 Å². The second-order valence-corrected chi connectivity index (χ2v) is 5.80. The summed E-state index contributed by atoms with van der Waals surface area (Å²) in [4.78, 5) is 12.1. The lowest BCUT2D eigenvalue weighted by molar-refractivity contribution is -0.123. The zero-order valence-corrected chi connectivity index (χ0v) is 12.2. The highest BCUT2D eigenvalue weighted by atomic mass is 16.3. The van der Waals surface area contributed by atoms with Crippen LogP contribution in [0.1, 0.15) is 31.4 Å². The number of hydrogen-bond donors (Lipinski definition) is 3. The van der Waals surface area contributed by atoms with Gasteiger partial charge in [0.15, 0.2) is 0 Å². The molecule has 1 aliphatic heterocycles. The molecule has 4 heteroatoms. The minimum absolute atomic E-state index is 0.0236. The first-order valence-electron chi connectivity index (χ1n) is 7.34. The van der Waals surface area contributed by atoms with Crippen LogP contribution in [0.2, 0.25) is 0 Å². The summed E-state index contributed by atoms with van der Waals surface area (Å²) in [5.41, 5.74) is 2.51. The Morgan fingerprint density at radius 1 is 1.40 bits per heavy atom. The molecule has 110 valence electrons. The van der Waals surface area contributed by atoms with E-state index in [-0.39, 0.29) is 24.0 Å². The number of carbonyl (C=O) groups excluding carboxylic acids is 1. The van der Waals surface area contributed by atoms with E-state index in [1.54, 1.807) is 0 Å². The van der Waals surface area contributed by atoms with Gasteiger partial charge in [-0.1, -0.05) is 38.1 Å². The van der Waals surface area contributed by atoms with Crippen LogP contribution in [0.4, 0.5) is 0 Å². The Hall–Kier alpha value is -1.39. The molecule has 0 aromatic heterocycles. The van der Waals surface area contributed by atoms with Crippen LogP contribution in [0.15, 0.2) is 24.3 Å². The van der Waals surface area contributed by atoms with Crippen LogP contribution < -0.4 is 10.6 Å². The first-order chi connectivity index (χ1) is 9.58. The van der Waals surface area contributed by atoms with Crippen LogP contribution in [0, 0.1) is 5.92 Å². The van der Waals surface area contributed by atoms with E-state index in [9.17, 15) is 9.90 Å². The summed E-state index contributed by atoms with van der Waals surface area (Å²) in [6, 6.07) is 8.04. The Kier molecular flexibility index (Phi) is 5.15. The van der Waals surface area contributed by atoms with E-state index in [1.165, 1.54) is 11.1 Å². The van der Waals surface area contributed by atoms with Crippen molar-refractivity contribution in [2.24, 2.45) is 5.92 Å². The van der Waals surface area contributed by atoms with E-state index < -0.39 is 0 Å². The van der Waals surface area contributed by atoms with Crippen LogP contribution in [-0.2, 0) is 17.8 Å². The third-order valence-electron chi connectivity index (χ3n) is 3.91. The van der Waals surface area contributed by atoms with E-state index in [2.05, 4.69) is 22.8 Å². The van der Waals surface area contributed by atoms with E-state index in [0.29, 0.717) is 13.0 Å². The van der Waals surface area contributed by atoms with Crippen LogP contribution in [0.25, 0.3) is 0 Å². The molecule has 0 spiro atoms. The van der Waals surface area contributed by atoms with Crippen molar-refractivity contribution in [3.8, 4) is 0 Å². The highest BCUT2D eigenvalue weighted by Gasteiger charge is 2.23. The Labute approximate surface area is 120 Å². The number of benzene rings is 1. The predicted octanol–water partition coefficient (Wildman–Crippen LogP) is 1.22. The molecule has 0 fully saturated rings. The molecule has 2 rings (SSSR count). The second-order valence-electron chi connectivity index (χ2n) is 5.80. The van der Waals surface area contributed by atoms with Crippen molar-refractivity contribution in [3.63, 3.8) is 0 Å². The van der Waals surface area contributed by atoms with Crippen LogP contribution in [0.3, 0.4) is 0 Å². The zero-order chi connectivity index (χ0) is 14.5. The van der Waals surface area contributed by atoms with Crippen LogP contribution in [0.5, 0.6) is 0 Å². The highest BCUT2D eigenvalue weighted by molar-refractivity contribution is 5.82. The van der Waals surface area contributed by atoms with Crippen molar-refractivity contribution in [3.05, 3.63) is 35.4 Å². The summed E-state index contributed by atoms with van der Waals surface area (Å²) in [6.45, 7) is 5.22. The fourth-order valence-electron chi connectivity index (χ4n) is 2.44. The van der Waals surface area contributed by atoms with Crippen LogP contribution >= 0.6 is 0 Å². The monoisotopic (exact) mass is 276 g/mol. The molecule has 1 amide bonds. The molecule has 0 bridgehead atoms. The fourth-order valence-corrected chi connectivity index (χ4v) is 2.44. The van der Waals surface area contributed by atoms with Crippen LogP contribution in [-0.4, -0.2) is 29.7 Å². The van der Waals surface area contributed by atoms with Gasteiger partial charge in [0.2, 0.25) is 5.91 Å². The van der Waals surface area contributed by atoms with Gasteiger partial charge in [-0.2, -0.15) is 0 Å². The number of carbonyl (C=O) groups is 1. The first kappa shape index (κ1) is 15.0. The standard InChI is InChI=1S/C16H24N2O2/c1-11(2)15(19)7-8-17-16(20)14-9-12-5-3-4-6-13(12)10-18-14/h3-6,11,14-15,18-19H,7-10H2,1-2H3,(H,17,20). The maximum Gasteiger partial charge on any atom is 0.237 e. The predicted molar refractivity (Wildman–Crippen MR) is 79.2 cm³/mol. The number of fused-ring (bicyclic) bond motifs is 1. The molecule has 1 aromatic rings. The molecule has 2 unspecified atom stereocenters. The first-order valence-corrected chi connectivity index (χ1v) is 7.34. The Balaban J connectivity index is 1.80. The van der Waals surface area contributed by atoms with Crippen molar-refractivity contribution < 1.29 is 9.90 Å². The number of nitrogens with one attached hydrogen (secondary N) is 2. The Morgan fingerprint density at radius 2 is 2.10 bits per heavy atom. The average molecular weight is 276 g/mol. The summed E-state index contributed by atoms with van der Waals surface area (Å²) >= 11 is 0. The minimum atomic E-state index is -0.352. The van der Waals surface area contributed by atoms with Gasteiger partial charge in [0.25, 0.3) is 0 Å². The number of aliphatic hydroxyl groups excluding tert-OH is 1. The molecule has 0 radical (unpaired) electrons. The van der Waals surface area contributed by atoms with Gasteiger partial charge < -0.3 is 15.7 Å². The zero-order valence-electron chi connectivity index (χ0n) is 12.2. The summed E-state index contributed by atoms with van der Waals surface area (Å²) < 4.78 is 0. The lowest BCUT2D eigenvalue weighted by Crippen LogP contribution is -2.48. The van der Waals surface area contributed by atoms with E-state index >= 15 is 0 Å². The van der Waals surface area contributed by atoms with Crippen molar-refractivity contribution in [2.75, 3.05) is 6.54 Å². The normalized spacial score (nSPS) is 19.5. The van der Waals surface area contributed by atoms with E-state index in [1.807, 2.05) is 26.0 Å². The number of aliphatic hydroxyl groups is 1. The van der Waals surface area contributed by atoms with Gasteiger partial charge in [-0.15, -0.1) is 0 Å². The number of hydrogen-bond acceptors (Lipinski definition) is 3. The molecule has 3 N–H and O–H groups in total. The molecular weight excluding hydrogens is 252 g/mol.